The predicted octanol–water partition coefficient (Wildman–Crippen LogP) is 3.32. The van der Waals surface area contributed by atoms with Gasteiger partial charge in [-0.2, -0.15) is 0 Å². The molecule has 92 valence electrons. The van der Waals surface area contributed by atoms with Gasteiger partial charge in [0.25, 0.3) is 0 Å². The second-order valence-electron chi connectivity index (χ2n) is 2.59. The SMILES string of the molecule is CC.CC.CCC(CO)C(C)C.CO. The van der Waals surface area contributed by atoms with Crippen LogP contribution in [-0.2, 0) is 0 Å². The number of aliphatic hydroxyl groups excluding tert-OH is 2. The summed E-state index contributed by atoms with van der Waals surface area (Å²) in [6.45, 7) is 14.7. The Kier molecular flexibility index (Phi) is 49.4. The summed E-state index contributed by atoms with van der Waals surface area (Å²) in [5, 5.41) is 15.7. The third kappa shape index (κ3) is 22.7. The maximum absolute atomic E-state index is 8.70. The molecule has 2 heteroatoms. The van der Waals surface area contributed by atoms with Gasteiger partial charge >= 0.3 is 0 Å². The fourth-order valence-electron chi connectivity index (χ4n) is 0.811. The van der Waals surface area contributed by atoms with E-state index in [0.717, 1.165) is 13.5 Å². The summed E-state index contributed by atoms with van der Waals surface area (Å²) in [5.41, 5.74) is 0. The maximum Gasteiger partial charge on any atom is 0.0461 e. The molecular weight excluding hydrogens is 176 g/mol. The molecule has 0 aromatic carbocycles. The van der Waals surface area contributed by atoms with E-state index in [1.54, 1.807) is 0 Å². The zero-order valence-electron chi connectivity index (χ0n) is 11.5. The van der Waals surface area contributed by atoms with Gasteiger partial charge in [0.2, 0.25) is 0 Å². The van der Waals surface area contributed by atoms with Crippen molar-refractivity contribution in [3.05, 3.63) is 0 Å². The van der Waals surface area contributed by atoms with E-state index in [2.05, 4.69) is 20.8 Å². The second kappa shape index (κ2) is 29.3. The van der Waals surface area contributed by atoms with Crippen molar-refractivity contribution in [3.63, 3.8) is 0 Å². The van der Waals surface area contributed by atoms with Gasteiger partial charge in [-0.05, 0) is 11.8 Å². The van der Waals surface area contributed by atoms with Crippen molar-refractivity contribution in [3.8, 4) is 0 Å². The summed E-state index contributed by atoms with van der Waals surface area (Å²) in [4.78, 5) is 0. The topological polar surface area (TPSA) is 40.5 Å². The van der Waals surface area contributed by atoms with Gasteiger partial charge in [0.1, 0.15) is 0 Å². The zero-order chi connectivity index (χ0) is 12.6. The highest BCUT2D eigenvalue weighted by atomic mass is 16.3. The molecule has 0 aromatic rings. The van der Waals surface area contributed by atoms with E-state index in [1.807, 2.05) is 27.7 Å². The monoisotopic (exact) mass is 208 g/mol. The smallest absolute Gasteiger partial charge is 0.0461 e. The molecule has 0 aromatic heterocycles. The molecule has 0 saturated heterocycles. The Balaban J connectivity index is -0.0000000708. The van der Waals surface area contributed by atoms with Gasteiger partial charge in [-0.3, -0.25) is 0 Å². The molecule has 0 radical (unpaired) electrons. The zero-order valence-corrected chi connectivity index (χ0v) is 11.5. The second-order valence-corrected chi connectivity index (χ2v) is 2.59. The van der Waals surface area contributed by atoms with Gasteiger partial charge < -0.3 is 10.2 Å². The number of hydrogen-bond donors (Lipinski definition) is 2. The van der Waals surface area contributed by atoms with Crippen LogP contribution in [0.2, 0.25) is 0 Å². The van der Waals surface area contributed by atoms with Crippen LogP contribution in [-0.4, -0.2) is 23.9 Å². The van der Waals surface area contributed by atoms with Crippen LogP contribution >= 0.6 is 0 Å². The van der Waals surface area contributed by atoms with E-state index >= 15 is 0 Å². The molecule has 0 fully saturated rings. The van der Waals surface area contributed by atoms with Crippen LogP contribution in [0.4, 0.5) is 0 Å². The minimum atomic E-state index is 0.341. The number of aliphatic hydroxyl groups is 2. The average Bonchev–Trinajstić information content (AvgIpc) is 2.28. The largest absolute Gasteiger partial charge is 0.400 e. The Morgan fingerprint density at radius 3 is 1.21 bits per heavy atom. The lowest BCUT2D eigenvalue weighted by Crippen LogP contribution is -2.11. The third-order valence-electron chi connectivity index (χ3n) is 1.70. The molecule has 14 heavy (non-hydrogen) atoms. The van der Waals surface area contributed by atoms with Crippen LogP contribution in [0, 0.1) is 11.8 Å². The molecule has 0 aliphatic rings. The van der Waals surface area contributed by atoms with Crippen LogP contribution in [0.25, 0.3) is 0 Å². The van der Waals surface area contributed by atoms with Gasteiger partial charge in [0.15, 0.2) is 0 Å². The maximum atomic E-state index is 8.70. The lowest BCUT2D eigenvalue weighted by Gasteiger charge is -2.14. The third-order valence-corrected chi connectivity index (χ3v) is 1.70. The first-order valence-electron chi connectivity index (χ1n) is 5.78. The van der Waals surface area contributed by atoms with Crippen molar-refractivity contribution in [1.82, 2.24) is 0 Å². The van der Waals surface area contributed by atoms with Gasteiger partial charge in [-0.1, -0.05) is 54.9 Å². The molecule has 0 amide bonds. The fourth-order valence-corrected chi connectivity index (χ4v) is 0.811. The first-order chi connectivity index (χ1) is 6.72. The van der Waals surface area contributed by atoms with E-state index in [1.165, 1.54) is 0 Å². The van der Waals surface area contributed by atoms with E-state index in [0.29, 0.717) is 18.4 Å². The molecular formula is C12H32O2. The fraction of sp³-hybridized carbons (Fsp3) is 1.00. The molecule has 0 spiro atoms. The Labute approximate surface area is 91.4 Å². The lowest BCUT2D eigenvalue weighted by atomic mass is 9.95. The van der Waals surface area contributed by atoms with E-state index < -0.39 is 0 Å². The Morgan fingerprint density at radius 1 is 0.929 bits per heavy atom. The molecule has 0 aliphatic carbocycles. The molecule has 1 atom stereocenters. The highest BCUT2D eigenvalue weighted by molar-refractivity contribution is 4.57. The number of hydrogen-bond acceptors (Lipinski definition) is 2. The molecule has 0 heterocycles. The van der Waals surface area contributed by atoms with Crippen LogP contribution in [0.1, 0.15) is 54.9 Å². The molecule has 0 rings (SSSR count). The normalized spacial score (nSPS) is 9.64. The van der Waals surface area contributed by atoms with Gasteiger partial charge in [0.05, 0.1) is 0 Å². The summed E-state index contributed by atoms with van der Waals surface area (Å²) in [7, 11) is 1.00. The van der Waals surface area contributed by atoms with E-state index in [-0.39, 0.29) is 0 Å². The minimum Gasteiger partial charge on any atom is -0.400 e. The summed E-state index contributed by atoms with van der Waals surface area (Å²) < 4.78 is 0. The van der Waals surface area contributed by atoms with Crippen molar-refractivity contribution in [2.45, 2.75) is 54.9 Å². The molecule has 0 saturated carbocycles. The minimum absolute atomic E-state index is 0.341. The first kappa shape index (κ1) is 23.6. The summed E-state index contributed by atoms with van der Waals surface area (Å²) in [6, 6.07) is 0. The van der Waals surface area contributed by atoms with Crippen LogP contribution in [0.3, 0.4) is 0 Å². The Bertz CT molecular complexity index is 50.3. The van der Waals surface area contributed by atoms with E-state index in [4.69, 9.17) is 10.2 Å². The molecule has 1 unspecified atom stereocenters. The molecule has 0 aliphatic heterocycles. The molecule has 0 bridgehead atoms. The lowest BCUT2D eigenvalue weighted by molar-refractivity contribution is 0.186. The highest BCUT2D eigenvalue weighted by Crippen LogP contribution is 2.12. The van der Waals surface area contributed by atoms with E-state index in [9.17, 15) is 0 Å². The molecule has 2 N–H and O–H groups in total. The summed E-state index contributed by atoms with van der Waals surface area (Å²) in [5.74, 6) is 1.14. The summed E-state index contributed by atoms with van der Waals surface area (Å²) in [6.07, 6.45) is 1.09. The van der Waals surface area contributed by atoms with Crippen LogP contribution in [0.5, 0.6) is 0 Å². The van der Waals surface area contributed by atoms with Gasteiger partial charge in [-0.25, -0.2) is 0 Å². The van der Waals surface area contributed by atoms with Crippen molar-refractivity contribution in [2.24, 2.45) is 11.8 Å². The Morgan fingerprint density at radius 2 is 1.21 bits per heavy atom. The van der Waals surface area contributed by atoms with Crippen LogP contribution < -0.4 is 0 Å². The van der Waals surface area contributed by atoms with Crippen molar-refractivity contribution >= 4 is 0 Å². The average molecular weight is 208 g/mol. The highest BCUT2D eigenvalue weighted by Gasteiger charge is 2.07. The standard InChI is InChI=1S/C7H16O.2C2H6.CH4O/c1-4-7(5-8)6(2)3;3*1-2/h6-8H,4-5H2,1-3H3;2*1-2H3;2H,1H3. The summed E-state index contributed by atoms with van der Waals surface area (Å²) >= 11 is 0. The van der Waals surface area contributed by atoms with Crippen molar-refractivity contribution < 1.29 is 10.2 Å². The molecule has 2 nitrogen and oxygen atoms in total. The predicted molar refractivity (Wildman–Crippen MR) is 66.5 cm³/mol. The van der Waals surface area contributed by atoms with Gasteiger partial charge in [0, 0.05) is 13.7 Å². The first-order valence-corrected chi connectivity index (χ1v) is 5.78. The van der Waals surface area contributed by atoms with Crippen molar-refractivity contribution in [2.75, 3.05) is 13.7 Å². The quantitative estimate of drug-likeness (QED) is 0.747. The van der Waals surface area contributed by atoms with Gasteiger partial charge in [-0.15, -0.1) is 0 Å². The Hall–Kier alpha value is -0.0800. The van der Waals surface area contributed by atoms with Crippen LogP contribution in [0.15, 0.2) is 0 Å². The number of rotatable bonds is 3. The van der Waals surface area contributed by atoms with Crippen molar-refractivity contribution in [1.29, 1.82) is 0 Å².